The second-order valence-corrected chi connectivity index (χ2v) is 4.59. The molecule has 0 saturated carbocycles. The molecule has 2 aromatic rings. The maximum absolute atomic E-state index is 13.7. The van der Waals surface area contributed by atoms with Crippen molar-refractivity contribution in [3.05, 3.63) is 70.0 Å². The first-order valence-corrected chi connectivity index (χ1v) is 6.00. The van der Waals surface area contributed by atoms with Gasteiger partial charge in [-0.05, 0) is 30.2 Å². The number of hydrogen-bond donors (Lipinski definition) is 1. The van der Waals surface area contributed by atoms with Gasteiger partial charge in [0.1, 0.15) is 17.5 Å². The van der Waals surface area contributed by atoms with Crippen molar-refractivity contribution in [1.29, 1.82) is 0 Å². The van der Waals surface area contributed by atoms with E-state index >= 15 is 0 Å². The third-order valence-electron chi connectivity index (χ3n) is 2.83. The number of hydrogen-bond acceptors (Lipinski definition) is 1. The van der Waals surface area contributed by atoms with Gasteiger partial charge in [-0.25, -0.2) is 13.2 Å². The van der Waals surface area contributed by atoms with Crippen molar-refractivity contribution < 1.29 is 13.2 Å². The smallest absolute Gasteiger partial charge is 0.129 e. The van der Waals surface area contributed by atoms with Crippen LogP contribution >= 0.6 is 11.6 Å². The standard InChI is InChI=1S/C14H11ClF3N/c15-10-2-1-3-11(17)14(10)13(19)6-8-4-5-9(16)7-12(8)18/h1-5,7,13H,6,19H2. The van der Waals surface area contributed by atoms with Crippen LogP contribution in [0.25, 0.3) is 0 Å². The van der Waals surface area contributed by atoms with Gasteiger partial charge < -0.3 is 5.73 Å². The minimum Gasteiger partial charge on any atom is -0.324 e. The lowest BCUT2D eigenvalue weighted by molar-refractivity contribution is 0.550. The first-order chi connectivity index (χ1) is 8.99. The van der Waals surface area contributed by atoms with Crippen LogP contribution < -0.4 is 5.73 Å². The number of halogens is 4. The molecule has 0 aromatic heterocycles. The summed E-state index contributed by atoms with van der Waals surface area (Å²) in [5.74, 6) is -1.91. The Balaban J connectivity index is 2.28. The van der Waals surface area contributed by atoms with Crippen LogP contribution in [0.2, 0.25) is 5.02 Å². The van der Waals surface area contributed by atoms with Crippen molar-refractivity contribution >= 4 is 11.6 Å². The van der Waals surface area contributed by atoms with Gasteiger partial charge in [0.15, 0.2) is 0 Å². The van der Waals surface area contributed by atoms with Crippen molar-refractivity contribution in [2.45, 2.75) is 12.5 Å². The molecule has 0 fully saturated rings. The van der Waals surface area contributed by atoms with Gasteiger partial charge in [-0.1, -0.05) is 23.7 Å². The molecule has 1 atom stereocenters. The lowest BCUT2D eigenvalue weighted by Gasteiger charge is -2.15. The van der Waals surface area contributed by atoms with Crippen LogP contribution in [0, 0.1) is 17.5 Å². The largest absolute Gasteiger partial charge is 0.324 e. The average molecular weight is 286 g/mol. The molecule has 0 spiro atoms. The van der Waals surface area contributed by atoms with E-state index in [1.165, 1.54) is 24.3 Å². The van der Waals surface area contributed by atoms with Gasteiger partial charge in [0, 0.05) is 22.7 Å². The third-order valence-corrected chi connectivity index (χ3v) is 3.16. The summed E-state index contributed by atoms with van der Waals surface area (Å²) in [5, 5.41) is 0.190. The van der Waals surface area contributed by atoms with Gasteiger partial charge in [0.2, 0.25) is 0 Å². The van der Waals surface area contributed by atoms with E-state index in [1.54, 1.807) is 0 Å². The SMILES string of the molecule is NC(Cc1ccc(F)cc1F)c1c(F)cccc1Cl. The van der Waals surface area contributed by atoms with E-state index < -0.39 is 23.5 Å². The van der Waals surface area contributed by atoms with Crippen molar-refractivity contribution in [2.75, 3.05) is 0 Å². The zero-order valence-corrected chi connectivity index (χ0v) is 10.6. The highest BCUT2D eigenvalue weighted by atomic mass is 35.5. The molecule has 2 N–H and O–H groups in total. The molecule has 2 aromatic carbocycles. The van der Waals surface area contributed by atoms with E-state index in [-0.39, 0.29) is 22.6 Å². The molecule has 0 heterocycles. The van der Waals surface area contributed by atoms with E-state index in [1.807, 2.05) is 0 Å². The molecule has 2 rings (SSSR count). The Morgan fingerprint density at radius 2 is 1.79 bits per heavy atom. The highest BCUT2D eigenvalue weighted by molar-refractivity contribution is 6.31. The predicted molar refractivity (Wildman–Crippen MR) is 68.4 cm³/mol. The van der Waals surface area contributed by atoms with Gasteiger partial charge in [-0.2, -0.15) is 0 Å². The van der Waals surface area contributed by atoms with Crippen LogP contribution in [0.4, 0.5) is 13.2 Å². The van der Waals surface area contributed by atoms with E-state index in [0.29, 0.717) is 0 Å². The predicted octanol–water partition coefficient (Wildman–Crippen LogP) is 4.00. The summed E-state index contributed by atoms with van der Waals surface area (Å²) >= 11 is 5.88. The van der Waals surface area contributed by atoms with Gasteiger partial charge in [0.25, 0.3) is 0 Å². The molecule has 100 valence electrons. The molecule has 0 aliphatic heterocycles. The van der Waals surface area contributed by atoms with E-state index in [0.717, 1.165) is 12.1 Å². The molecule has 19 heavy (non-hydrogen) atoms. The topological polar surface area (TPSA) is 26.0 Å². The average Bonchev–Trinajstić information content (AvgIpc) is 2.32. The summed E-state index contributed by atoms with van der Waals surface area (Å²) in [6.45, 7) is 0. The fourth-order valence-corrected chi connectivity index (χ4v) is 2.19. The van der Waals surface area contributed by atoms with E-state index in [4.69, 9.17) is 17.3 Å². The Bertz CT molecular complexity index is 581. The fraction of sp³-hybridized carbons (Fsp3) is 0.143. The van der Waals surface area contributed by atoms with Crippen molar-refractivity contribution in [1.82, 2.24) is 0 Å². The van der Waals surface area contributed by atoms with Crippen LogP contribution in [0.1, 0.15) is 17.2 Å². The molecule has 1 unspecified atom stereocenters. The normalized spacial score (nSPS) is 12.5. The number of benzene rings is 2. The lowest BCUT2D eigenvalue weighted by Crippen LogP contribution is -2.16. The van der Waals surface area contributed by atoms with Crippen LogP contribution in [-0.2, 0) is 6.42 Å². The molecule has 0 aliphatic rings. The Hall–Kier alpha value is -1.52. The van der Waals surface area contributed by atoms with Crippen molar-refractivity contribution in [3.8, 4) is 0 Å². The molecule has 5 heteroatoms. The third kappa shape index (κ3) is 3.08. The molecule has 1 nitrogen and oxygen atoms in total. The van der Waals surface area contributed by atoms with Crippen LogP contribution in [0.5, 0.6) is 0 Å². The quantitative estimate of drug-likeness (QED) is 0.906. The Morgan fingerprint density at radius 1 is 1.05 bits per heavy atom. The lowest BCUT2D eigenvalue weighted by atomic mass is 9.99. The first kappa shape index (κ1) is 13.9. The summed E-state index contributed by atoms with van der Waals surface area (Å²) in [4.78, 5) is 0. The molecular weight excluding hydrogens is 275 g/mol. The summed E-state index contributed by atoms with van der Waals surface area (Å²) in [7, 11) is 0. The van der Waals surface area contributed by atoms with Crippen LogP contribution in [-0.4, -0.2) is 0 Å². The number of rotatable bonds is 3. The Morgan fingerprint density at radius 3 is 2.42 bits per heavy atom. The van der Waals surface area contributed by atoms with Crippen LogP contribution in [0.3, 0.4) is 0 Å². The highest BCUT2D eigenvalue weighted by Gasteiger charge is 2.17. The van der Waals surface area contributed by atoms with Gasteiger partial charge >= 0.3 is 0 Å². The van der Waals surface area contributed by atoms with Gasteiger partial charge in [0.05, 0.1) is 0 Å². The second kappa shape index (κ2) is 5.63. The highest BCUT2D eigenvalue weighted by Crippen LogP contribution is 2.27. The zero-order valence-electron chi connectivity index (χ0n) is 9.84. The molecule has 0 radical (unpaired) electrons. The molecule has 0 amide bonds. The zero-order chi connectivity index (χ0) is 14.0. The molecule has 0 saturated heterocycles. The Kier molecular flexibility index (Phi) is 4.12. The van der Waals surface area contributed by atoms with Gasteiger partial charge in [-0.15, -0.1) is 0 Å². The molecule has 0 aliphatic carbocycles. The van der Waals surface area contributed by atoms with Gasteiger partial charge in [-0.3, -0.25) is 0 Å². The first-order valence-electron chi connectivity index (χ1n) is 5.62. The van der Waals surface area contributed by atoms with Crippen LogP contribution in [0.15, 0.2) is 36.4 Å². The molecular formula is C14H11ClF3N. The maximum atomic E-state index is 13.7. The van der Waals surface area contributed by atoms with Crippen molar-refractivity contribution in [2.24, 2.45) is 5.73 Å². The fourth-order valence-electron chi connectivity index (χ4n) is 1.89. The van der Waals surface area contributed by atoms with Crippen molar-refractivity contribution in [3.63, 3.8) is 0 Å². The minimum absolute atomic E-state index is 0.0345. The number of nitrogens with two attached hydrogens (primary N) is 1. The monoisotopic (exact) mass is 285 g/mol. The summed E-state index contributed by atoms with van der Waals surface area (Å²) in [6, 6.07) is 6.61. The maximum Gasteiger partial charge on any atom is 0.129 e. The van der Waals surface area contributed by atoms with E-state index in [9.17, 15) is 13.2 Å². The Labute approximate surface area is 113 Å². The minimum atomic E-state index is -0.798. The van der Waals surface area contributed by atoms with E-state index in [2.05, 4.69) is 0 Å². The molecule has 0 bridgehead atoms. The summed E-state index contributed by atoms with van der Waals surface area (Å²) in [5.41, 5.74) is 6.20. The summed E-state index contributed by atoms with van der Waals surface area (Å²) in [6.07, 6.45) is 0.0345. The second-order valence-electron chi connectivity index (χ2n) is 4.18. The summed E-state index contributed by atoms with van der Waals surface area (Å²) < 4.78 is 39.9.